The molecule has 1 N–H and O–H groups in total. The number of aliphatic hydroxyl groups is 1. The fraction of sp³-hybridized carbons (Fsp3) is 0.826. The maximum atomic E-state index is 12.3. The van der Waals surface area contributed by atoms with Gasteiger partial charge >= 0.3 is 5.97 Å². The van der Waals surface area contributed by atoms with Gasteiger partial charge in [0.1, 0.15) is 17.5 Å². The van der Waals surface area contributed by atoms with Crippen molar-refractivity contribution in [3.05, 3.63) is 12.2 Å². The van der Waals surface area contributed by atoms with Crippen LogP contribution in [0.25, 0.3) is 0 Å². The predicted octanol–water partition coefficient (Wildman–Crippen LogP) is 4.06. The van der Waals surface area contributed by atoms with Crippen molar-refractivity contribution < 1.29 is 19.4 Å². The second-order valence-electron chi connectivity index (χ2n) is 10.2. The summed E-state index contributed by atoms with van der Waals surface area (Å²) in [5.41, 5.74) is -1.20. The molecule has 0 aliphatic heterocycles. The Hall–Kier alpha value is -1.16. The van der Waals surface area contributed by atoms with Gasteiger partial charge in [-0.1, -0.05) is 26.0 Å². The molecule has 4 aliphatic rings. The number of carbonyl (C=O) groups excluding carboxylic acids is 2. The topological polar surface area (TPSA) is 63.6 Å². The Kier molecular flexibility index (Phi) is 4.38. The van der Waals surface area contributed by atoms with E-state index in [9.17, 15) is 14.7 Å². The van der Waals surface area contributed by atoms with E-state index in [4.69, 9.17) is 4.74 Å². The van der Waals surface area contributed by atoms with Crippen LogP contribution in [-0.2, 0) is 14.3 Å². The zero-order valence-corrected chi connectivity index (χ0v) is 17.2. The van der Waals surface area contributed by atoms with Gasteiger partial charge in [-0.05, 0) is 75.0 Å². The average molecular weight is 375 g/mol. The van der Waals surface area contributed by atoms with E-state index in [1.54, 1.807) is 6.92 Å². The van der Waals surface area contributed by atoms with Crippen molar-refractivity contribution in [1.29, 1.82) is 0 Å². The third-order valence-corrected chi connectivity index (χ3v) is 9.20. The molecule has 0 radical (unpaired) electrons. The maximum absolute atomic E-state index is 12.3. The van der Waals surface area contributed by atoms with Crippen LogP contribution in [0.2, 0.25) is 0 Å². The molecule has 27 heavy (non-hydrogen) atoms. The summed E-state index contributed by atoms with van der Waals surface area (Å²) in [6.07, 6.45) is 10.1. The van der Waals surface area contributed by atoms with Crippen LogP contribution in [0, 0.1) is 34.5 Å². The van der Waals surface area contributed by atoms with E-state index in [0.29, 0.717) is 30.0 Å². The molecule has 0 bridgehead atoms. The molecular weight excluding hydrogens is 340 g/mol. The van der Waals surface area contributed by atoms with Gasteiger partial charge in [0.25, 0.3) is 0 Å². The Morgan fingerprint density at radius 2 is 1.74 bits per heavy atom. The number of ketones is 1. The van der Waals surface area contributed by atoms with Crippen LogP contribution in [0.5, 0.6) is 0 Å². The van der Waals surface area contributed by atoms with E-state index in [-0.39, 0.29) is 22.7 Å². The van der Waals surface area contributed by atoms with Crippen LogP contribution < -0.4 is 0 Å². The monoisotopic (exact) mass is 374 g/mol. The van der Waals surface area contributed by atoms with Crippen LogP contribution in [0.1, 0.15) is 72.6 Å². The lowest BCUT2D eigenvalue weighted by Crippen LogP contribution is -2.67. The van der Waals surface area contributed by atoms with Crippen LogP contribution in [0.15, 0.2) is 12.2 Å². The summed E-state index contributed by atoms with van der Waals surface area (Å²) >= 11 is 0. The second-order valence-corrected chi connectivity index (χ2v) is 10.2. The van der Waals surface area contributed by atoms with E-state index in [1.807, 2.05) is 6.08 Å². The fourth-order valence-electron chi connectivity index (χ4n) is 7.84. The fourth-order valence-corrected chi connectivity index (χ4v) is 7.84. The number of hydrogen-bond donors (Lipinski definition) is 1. The highest BCUT2D eigenvalue weighted by Crippen LogP contribution is 2.68. The van der Waals surface area contributed by atoms with Crippen LogP contribution >= 0.6 is 0 Å². The first-order valence-electron chi connectivity index (χ1n) is 10.7. The molecule has 3 fully saturated rings. The quantitative estimate of drug-likeness (QED) is 0.585. The summed E-state index contributed by atoms with van der Waals surface area (Å²) in [5.74, 6) is 1.49. The number of hydrogen-bond acceptors (Lipinski definition) is 4. The van der Waals surface area contributed by atoms with Gasteiger partial charge in [0.15, 0.2) is 0 Å². The summed E-state index contributed by atoms with van der Waals surface area (Å²) < 4.78 is 5.74. The number of rotatable bonds is 2. The lowest BCUT2D eigenvalue weighted by molar-refractivity contribution is -0.246. The van der Waals surface area contributed by atoms with Gasteiger partial charge in [0.2, 0.25) is 0 Å². The number of carbonyl (C=O) groups is 2. The molecule has 0 aromatic heterocycles. The molecule has 0 amide bonds. The molecule has 0 saturated heterocycles. The van der Waals surface area contributed by atoms with E-state index < -0.39 is 11.7 Å². The molecule has 3 saturated carbocycles. The highest BCUT2D eigenvalue weighted by Gasteiger charge is 2.67. The average Bonchev–Trinajstić information content (AvgIpc) is 2.94. The predicted molar refractivity (Wildman–Crippen MR) is 103 cm³/mol. The summed E-state index contributed by atoms with van der Waals surface area (Å²) in [6, 6.07) is 0. The maximum Gasteiger partial charge on any atom is 0.303 e. The van der Waals surface area contributed by atoms with Gasteiger partial charge < -0.3 is 9.84 Å². The highest BCUT2D eigenvalue weighted by molar-refractivity contribution is 5.79. The molecule has 4 nitrogen and oxygen atoms in total. The first kappa shape index (κ1) is 19.2. The van der Waals surface area contributed by atoms with Crippen molar-refractivity contribution in [3.8, 4) is 0 Å². The zero-order chi connectivity index (χ0) is 19.6. The number of Topliss-reactive ketones (excluding diaryl/α,β-unsaturated/α-hetero) is 1. The Labute approximate surface area is 162 Å². The van der Waals surface area contributed by atoms with E-state index in [2.05, 4.69) is 19.9 Å². The first-order chi connectivity index (χ1) is 12.6. The van der Waals surface area contributed by atoms with E-state index >= 15 is 0 Å². The van der Waals surface area contributed by atoms with Gasteiger partial charge in [0, 0.05) is 18.3 Å². The minimum atomic E-state index is -0.985. The summed E-state index contributed by atoms with van der Waals surface area (Å²) in [4.78, 5) is 24.1. The van der Waals surface area contributed by atoms with Gasteiger partial charge in [0.05, 0.1) is 0 Å². The molecule has 150 valence electrons. The number of ether oxygens (including phenoxy) is 1. The van der Waals surface area contributed by atoms with Gasteiger partial charge in [-0.3, -0.25) is 9.59 Å². The number of allylic oxidation sites excluding steroid dienone is 1. The van der Waals surface area contributed by atoms with Gasteiger partial charge in [-0.25, -0.2) is 0 Å². The molecular formula is C23H34O4. The van der Waals surface area contributed by atoms with Crippen molar-refractivity contribution in [1.82, 2.24) is 0 Å². The normalized spacial score (nSPS) is 51.1. The van der Waals surface area contributed by atoms with Crippen LogP contribution in [0.4, 0.5) is 0 Å². The smallest absolute Gasteiger partial charge is 0.303 e. The molecule has 0 heterocycles. The van der Waals surface area contributed by atoms with Gasteiger partial charge in [-0.15, -0.1) is 0 Å². The van der Waals surface area contributed by atoms with Crippen molar-refractivity contribution in [3.63, 3.8) is 0 Å². The summed E-state index contributed by atoms with van der Waals surface area (Å²) in [6.45, 7) is 7.72. The molecule has 4 aliphatic carbocycles. The third kappa shape index (κ3) is 2.51. The summed E-state index contributed by atoms with van der Waals surface area (Å²) in [7, 11) is 0. The number of fused-ring (bicyclic) bond motifs is 5. The first-order valence-corrected chi connectivity index (χ1v) is 10.7. The number of esters is 1. The SMILES string of the molecule is CC(=O)O[C@@H]1C[C@H]2[C@@H]3CC[C@H](C(C)=O)[C@@]3(C)CC[C@@H]2[C@@]2(C)CC=CC[C@]12O. The molecule has 0 spiro atoms. The molecule has 4 rings (SSSR count). The minimum Gasteiger partial charge on any atom is -0.459 e. The lowest BCUT2D eigenvalue weighted by atomic mass is 9.43. The van der Waals surface area contributed by atoms with Crippen LogP contribution in [-0.4, -0.2) is 28.6 Å². The zero-order valence-electron chi connectivity index (χ0n) is 17.2. The Morgan fingerprint density at radius 3 is 2.41 bits per heavy atom. The van der Waals surface area contributed by atoms with E-state index in [1.165, 1.54) is 6.92 Å². The molecule has 0 unspecified atom stereocenters. The third-order valence-electron chi connectivity index (χ3n) is 9.20. The molecule has 0 aromatic rings. The lowest BCUT2D eigenvalue weighted by Gasteiger charge is -2.64. The minimum absolute atomic E-state index is 0.0596. The Balaban J connectivity index is 1.74. The largest absolute Gasteiger partial charge is 0.459 e. The van der Waals surface area contributed by atoms with Gasteiger partial charge in [-0.2, -0.15) is 0 Å². The van der Waals surface area contributed by atoms with E-state index in [0.717, 1.165) is 38.5 Å². The van der Waals surface area contributed by atoms with Crippen molar-refractivity contribution >= 4 is 11.8 Å². The highest BCUT2D eigenvalue weighted by atomic mass is 16.6. The molecule has 0 aromatic carbocycles. The molecule has 4 heteroatoms. The van der Waals surface area contributed by atoms with Crippen molar-refractivity contribution in [2.45, 2.75) is 84.3 Å². The van der Waals surface area contributed by atoms with Crippen molar-refractivity contribution in [2.75, 3.05) is 0 Å². The second kappa shape index (κ2) is 6.17. The standard InChI is InChI=1S/C23H34O4/c1-14(24)17-7-8-18-16-13-20(27-15(2)25)23(26)11-6-5-10-22(23,4)19(16)9-12-21(17,18)3/h5-6,16-20,26H,7-13H2,1-4H3/t16-,17+,18-,19-,20+,21+,22+,23-/m0/s1. The van der Waals surface area contributed by atoms with Crippen LogP contribution in [0.3, 0.4) is 0 Å². The summed E-state index contributed by atoms with van der Waals surface area (Å²) in [5, 5.41) is 11.8. The van der Waals surface area contributed by atoms with Crippen molar-refractivity contribution in [2.24, 2.45) is 34.5 Å². The Morgan fingerprint density at radius 1 is 1.04 bits per heavy atom. The molecule has 8 atom stereocenters. The Bertz CT molecular complexity index is 684.